The molecule has 1 aliphatic rings. The van der Waals surface area contributed by atoms with Crippen molar-refractivity contribution in [3.05, 3.63) is 41.4 Å². The number of rotatable bonds is 5. The summed E-state index contributed by atoms with van der Waals surface area (Å²) in [5.74, 6) is 0.219. The molecule has 0 spiro atoms. The van der Waals surface area contributed by atoms with E-state index in [4.69, 9.17) is 0 Å². The minimum atomic E-state index is -0.0355. The molecule has 3 rings (SSSR count). The normalized spacial score (nSPS) is 17.7. The minimum absolute atomic E-state index is 0.0355. The molecule has 1 aromatic carbocycles. The summed E-state index contributed by atoms with van der Waals surface area (Å²) in [6.07, 6.45) is 2.69. The third kappa shape index (κ3) is 4.33. The molecule has 1 aliphatic heterocycles. The zero-order valence-electron chi connectivity index (χ0n) is 13.6. The van der Waals surface area contributed by atoms with E-state index in [1.807, 2.05) is 18.2 Å². The van der Waals surface area contributed by atoms with Gasteiger partial charge in [-0.05, 0) is 18.8 Å². The zero-order valence-corrected chi connectivity index (χ0v) is 14.5. The van der Waals surface area contributed by atoms with Crippen molar-refractivity contribution >= 4 is 17.4 Å². The Kier molecular flexibility index (Phi) is 5.82. The van der Waals surface area contributed by atoms with Crippen molar-refractivity contribution in [1.82, 2.24) is 15.2 Å². The van der Waals surface area contributed by atoms with Crippen molar-refractivity contribution < 1.29 is 9.90 Å². The Morgan fingerprint density at radius 3 is 3.00 bits per heavy atom. The highest BCUT2D eigenvalue weighted by Gasteiger charge is 2.22. The summed E-state index contributed by atoms with van der Waals surface area (Å²) < 4.78 is 0. The molecular weight excluding hydrogens is 322 g/mol. The highest BCUT2D eigenvalue weighted by Crippen LogP contribution is 2.23. The van der Waals surface area contributed by atoms with Gasteiger partial charge in [-0.3, -0.25) is 0 Å². The van der Waals surface area contributed by atoms with Crippen LogP contribution in [0.4, 0.5) is 4.79 Å². The molecule has 1 unspecified atom stereocenters. The number of aliphatic hydroxyl groups is 1. The molecule has 2 aromatic rings. The summed E-state index contributed by atoms with van der Waals surface area (Å²) in [4.78, 5) is 18.6. The molecule has 0 bridgehead atoms. The number of aromatic nitrogens is 1. The first-order valence-electron chi connectivity index (χ1n) is 8.39. The summed E-state index contributed by atoms with van der Waals surface area (Å²) >= 11 is 1.63. The van der Waals surface area contributed by atoms with Gasteiger partial charge in [0.1, 0.15) is 5.01 Å². The van der Waals surface area contributed by atoms with Gasteiger partial charge in [-0.1, -0.05) is 30.3 Å². The Hall–Kier alpha value is -1.92. The monoisotopic (exact) mass is 345 g/mol. The molecule has 128 valence electrons. The molecule has 6 heteroatoms. The average molecular weight is 345 g/mol. The van der Waals surface area contributed by atoms with Crippen LogP contribution in [-0.2, 0) is 6.42 Å². The maximum Gasteiger partial charge on any atom is 0.317 e. The molecule has 0 radical (unpaired) electrons. The van der Waals surface area contributed by atoms with Gasteiger partial charge >= 0.3 is 6.03 Å². The van der Waals surface area contributed by atoms with Crippen LogP contribution in [-0.4, -0.2) is 47.3 Å². The largest absolute Gasteiger partial charge is 0.396 e. The lowest BCUT2D eigenvalue weighted by Gasteiger charge is -2.31. The summed E-state index contributed by atoms with van der Waals surface area (Å²) in [5, 5.41) is 15.3. The number of nitrogens with one attached hydrogen (secondary N) is 1. The first kappa shape index (κ1) is 16.9. The summed E-state index contributed by atoms with van der Waals surface area (Å²) in [5.41, 5.74) is 2.13. The SMILES string of the molecule is O=C(NCCc1csc(-c2ccccc2)n1)N1CCCC(CO)C1. The number of nitrogens with zero attached hydrogens (tertiary/aromatic N) is 2. The Bertz CT molecular complexity index is 659. The molecule has 0 saturated carbocycles. The van der Waals surface area contributed by atoms with Crippen LogP contribution in [0.25, 0.3) is 10.6 Å². The van der Waals surface area contributed by atoms with Crippen LogP contribution in [0.5, 0.6) is 0 Å². The number of likely N-dealkylation sites (tertiary alicyclic amines) is 1. The molecule has 24 heavy (non-hydrogen) atoms. The Balaban J connectivity index is 1.46. The maximum absolute atomic E-state index is 12.2. The zero-order chi connectivity index (χ0) is 16.8. The van der Waals surface area contributed by atoms with E-state index in [1.54, 1.807) is 16.2 Å². The van der Waals surface area contributed by atoms with Gasteiger partial charge < -0.3 is 15.3 Å². The Morgan fingerprint density at radius 2 is 2.21 bits per heavy atom. The predicted octanol–water partition coefficient (Wildman–Crippen LogP) is 2.77. The van der Waals surface area contributed by atoms with Crippen molar-refractivity contribution in [2.45, 2.75) is 19.3 Å². The van der Waals surface area contributed by atoms with E-state index in [-0.39, 0.29) is 18.6 Å². The van der Waals surface area contributed by atoms with Crippen LogP contribution in [0, 0.1) is 5.92 Å². The quantitative estimate of drug-likeness (QED) is 0.876. The lowest BCUT2D eigenvalue weighted by atomic mass is 9.99. The lowest BCUT2D eigenvalue weighted by Crippen LogP contribution is -2.46. The van der Waals surface area contributed by atoms with Gasteiger partial charge in [-0.25, -0.2) is 9.78 Å². The van der Waals surface area contributed by atoms with Crippen LogP contribution >= 0.6 is 11.3 Å². The Morgan fingerprint density at radius 1 is 1.38 bits per heavy atom. The molecule has 2 N–H and O–H groups in total. The third-order valence-electron chi connectivity index (χ3n) is 4.29. The van der Waals surface area contributed by atoms with Gasteiger partial charge in [0, 0.05) is 43.6 Å². The molecule has 0 aliphatic carbocycles. The van der Waals surface area contributed by atoms with Crippen LogP contribution in [0.1, 0.15) is 18.5 Å². The van der Waals surface area contributed by atoms with E-state index in [0.717, 1.165) is 42.1 Å². The number of urea groups is 1. The van der Waals surface area contributed by atoms with E-state index < -0.39 is 0 Å². The summed E-state index contributed by atoms with van der Waals surface area (Å²) in [7, 11) is 0. The topological polar surface area (TPSA) is 65.5 Å². The second kappa shape index (κ2) is 8.26. The van der Waals surface area contributed by atoms with E-state index in [2.05, 4.69) is 27.8 Å². The third-order valence-corrected chi connectivity index (χ3v) is 5.23. The van der Waals surface area contributed by atoms with Crippen LogP contribution in [0.15, 0.2) is 35.7 Å². The number of amides is 2. The van der Waals surface area contributed by atoms with Crippen molar-refractivity contribution in [3.8, 4) is 10.6 Å². The van der Waals surface area contributed by atoms with Crippen LogP contribution in [0.3, 0.4) is 0 Å². The molecule has 2 heterocycles. The number of hydrogen-bond acceptors (Lipinski definition) is 4. The predicted molar refractivity (Wildman–Crippen MR) is 96.0 cm³/mol. The minimum Gasteiger partial charge on any atom is -0.396 e. The second-order valence-corrected chi connectivity index (χ2v) is 6.99. The van der Waals surface area contributed by atoms with Gasteiger partial charge in [0.2, 0.25) is 0 Å². The number of carbonyl (C=O) groups is 1. The second-order valence-electron chi connectivity index (χ2n) is 6.13. The molecule has 2 amide bonds. The fourth-order valence-electron chi connectivity index (χ4n) is 2.94. The fourth-order valence-corrected chi connectivity index (χ4v) is 3.80. The van der Waals surface area contributed by atoms with Crippen molar-refractivity contribution in [2.75, 3.05) is 26.2 Å². The number of benzene rings is 1. The number of thiazole rings is 1. The van der Waals surface area contributed by atoms with E-state index >= 15 is 0 Å². The van der Waals surface area contributed by atoms with Gasteiger partial charge in [0.25, 0.3) is 0 Å². The molecule has 1 fully saturated rings. The maximum atomic E-state index is 12.2. The van der Waals surface area contributed by atoms with Crippen molar-refractivity contribution in [2.24, 2.45) is 5.92 Å². The van der Waals surface area contributed by atoms with Crippen molar-refractivity contribution in [3.63, 3.8) is 0 Å². The van der Waals surface area contributed by atoms with Gasteiger partial charge in [0.15, 0.2) is 0 Å². The first-order chi connectivity index (χ1) is 11.8. The highest BCUT2D eigenvalue weighted by atomic mass is 32.1. The molecular formula is C18H23N3O2S. The lowest BCUT2D eigenvalue weighted by molar-refractivity contribution is 0.129. The Labute approximate surface area is 146 Å². The van der Waals surface area contributed by atoms with E-state index in [9.17, 15) is 9.90 Å². The standard InChI is InChI=1S/C18H23N3O2S/c22-12-14-5-4-10-21(11-14)18(23)19-9-8-16-13-24-17(20-16)15-6-2-1-3-7-15/h1-3,6-7,13-14,22H,4-5,8-12H2,(H,19,23). The van der Waals surface area contributed by atoms with E-state index in [0.29, 0.717) is 13.1 Å². The van der Waals surface area contributed by atoms with Gasteiger partial charge in [-0.2, -0.15) is 0 Å². The number of carbonyl (C=O) groups excluding carboxylic acids is 1. The summed E-state index contributed by atoms with van der Waals surface area (Å²) in [6, 6.07) is 10.1. The molecule has 5 nitrogen and oxygen atoms in total. The first-order valence-corrected chi connectivity index (χ1v) is 9.27. The molecule has 1 atom stereocenters. The molecule has 1 aromatic heterocycles. The smallest absolute Gasteiger partial charge is 0.317 e. The number of piperidine rings is 1. The van der Waals surface area contributed by atoms with Crippen LogP contribution < -0.4 is 5.32 Å². The van der Waals surface area contributed by atoms with Gasteiger partial charge in [0.05, 0.1) is 5.69 Å². The molecule has 1 saturated heterocycles. The number of aliphatic hydroxyl groups excluding tert-OH is 1. The highest BCUT2D eigenvalue weighted by molar-refractivity contribution is 7.13. The number of hydrogen-bond donors (Lipinski definition) is 2. The van der Waals surface area contributed by atoms with Gasteiger partial charge in [-0.15, -0.1) is 11.3 Å². The van der Waals surface area contributed by atoms with Crippen molar-refractivity contribution in [1.29, 1.82) is 0 Å². The van der Waals surface area contributed by atoms with E-state index in [1.165, 1.54) is 0 Å². The average Bonchev–Trinajstić information content (AvgIpc) is 3.11. The summed E-state index contributed by atoms with van der Waals surface area (Å²) in [6.45, 7) is 2.16. The fraction of sp³-hybridized carbons (Fsp3) is 0.444. The van der Waals surface area contributed by atoms with Crippen LogP contribution in [0.2, 0.25) is 0 Å².